The molecule has 0 spiro atoms. The van der Waals surface area contributed by atoms with Gasteiger partial charge in [-0.15, -0.1) is 0 Å². The fourth-order valence-corrected chi connectivity index (χ4v) is 10.5. The fraction of sp³-hybridized carbons (Fsp3) is 0.267. The minimum atomic E-state index is -2.95. The Morgan fingerprint density at radius 3 is 2.29 bits per heavy atom. The summed E-state index contributed by atoms with van der Waals surface area (Å²) in [5.74, 6) is 0.872. The zero-order valence-corrected chi connectivity index (χ0v) is 24.8. The molecule has 1 saturated carbocycles. The van der Waals surface area contributed by atoms with E-state index < -0.39 is 7.36 Å². The van der Waals surface area contributed by atoms with E-state index in [1.807, 2.05) is 54.1 Å². The summed E-state index contributed by atoms with van der Waals surface area (Å²) in [6.07, 6.45) is 1.90. The van der Waals surface area contributed by atoms with Crippen LogP contribution < -0.4 is 5.30 Å². The predicted octanol–water partition coefficient (Wildman–Crippen LogP) is 7.50. The molecule has 41 heavy (non-hydrogen) atoms. The lowest BCUT2D eigenvalue weighted by molar-refractivity contribution is 0.0729. The van der Waals surface area contributed by atoms with Crippen molar-refractivity contribution in [1.29, 1.82) is 0 Å². The maximum Gasteiger partial charge on any atom is 0.170 e. The lowest BCUT2D eigenvalue weighted by atomic mass is 10.2. The number of hydrogen-bond donors (Lipinski definition) is 0. The Labute approximate surface area is 248 Å². The Kier molecular flexibility index (Phi) is 7.00. The first-order valence-corrected chi connectivity index (χ1v) is 16.1. The van der Waals surface area contributed by atoms with Crippen molar-refractivity contribution < 1.29 is 9.13 Å². The van der Waals surface area contributed by atoms with Crippen LogP contribution in [-0.4, -0.2) is 57.3 Å². The molecule has 1 aromatic heterocycles. The van der Waals surface area contributed by atoms with E-state index in [1.165, 1.54) is 6.07 Å². The molecule has 2 fully saturated rings. The van der Waals surface area contributed by atoms with Crippen LogP contribution in [0.5, 0.6) is 0 Å². The van der Waals surface area contributed by atoms with Gasteiger partial charge in [-0.05, 0) is 56.2 Å². The highest BCUT2D eigenvalue weighted by Gasteiger charge is 2.52. The Morgan fingerprint density at radius 1 is 0.927 bits per heavy atom. The highest BCUT2D eigenvalue weighted by Crippen LogP contribution is 2.66. The van der Waals surface area contributed by atoms with Crippen LogP contribution in [0.1, 0.15) is 24.1 Å². The van der Waals surface area contributed by atoms with Crippen LogP contribution in [0.2, 0.25) is 10.0 Å². The second-order valence-electron chi connectivity index (χ2n) is 10.3. The summed E-state index contributed by atoms with van der Waals surface area (Å²) in [5, 5.41) is 6.90. The number of nitrogens with zero attached hydrogens (tertiary/aromatic N) is 6. The molecule has 3 heterocycles. The first kappa shape index (κ1) is 26.9. The van der Waals surface area contributed by atoms with E-state index in [-0.39, 0.29) is 11.9 Å². The number of para-hydroxylation sites is 1. The number of rotatable bonds is 5. The van der Waals surface area contributed by atoms with Gasteiger partial charge in [0.1, 0.15) is 17.3 Å². The Morgan fingerprint density at radius 2 is 1.61 bits per heavy atom. The summed E-state index contributed by atoms with van der Waals surface area (Å²) in [4.78, 5) is 5.24. The molecule has 0 bridgehead atoms. The zero-order valence-electron chi connectivity index (χ0n) is 22.4. The number of aliphatic imine (C=N–C) groups is 1. The molecule has 1 aliphatic carbocycles. The molecule has 7 nitrogen and oxygen atoms in total. The van der Waals surface area contributed by atoms with E-state index in [2.05, 4.69) is 9.34 Å². The summed E-state index contributed by atoms with van der Waals surface area (Å²) in [7, 11) is -2.95. The molecule has 0 amide bonds. The van der Waals surface area contributed by atoms with E-state index in [9.17, 15) is 0 Å². The molecule has 0 radical (unpaired) electrons. The van der Waals surface area contributed by atoms with Gasteiger partial charge in [0.25, 0.3) is 0 Å². The molecule has 3 aromatic carbocycles. The fourth-order valence-electron chi connectivity index (χ4n) is 5.64. The van der Waals surface area contributed by atoms with Gasteiger partial charge in [-0.1, -0.05) is 59.6 Å². The van der Waals surface area contributed by atoms with Crippen LogP contribution in [-0.2, 0) is 4.74 Å². The maximum atomic E-state index is 15.7. The highest BCUT2D eigenvalue weighted by atomic mass is 35.5. The lowest BCUT2D eigenvalue weighted by Gasteiger charge is -2.48. The molecular weight excluding hydrogens is 581 g/mol. The van der Waals surface area contributed by atoms with Gasteiger partial charge in [-0.3, -0.25) is 0 Å². The van der Waals surface area contributed by atoms with E-state index in [4.69, 9.17) is 42.8 Å². The van der Waals surface area contributed by atoms with Crippen molar-refractivity contribution in [1.82, 2.24) is 19.1 Å². The third-order valence-corrected chi connectivity index (χ3v) is 12.1. The maximum absolute atomic E-state index is 15.7. The highest BCUT2D eigenvalue weighted by molar-refractivity contribution is 7.70. The standard InChI is InChI=1S/C30H28Cl2FN6OP/c1-20-28-30(38(35-20)21-8-3-2-4-9-21)34-29(23-10-5-6-13-26(23)33)39(22-14-15-22)41(28,37-16-18-40-19-17-37)36-27-24(31)11-7-12-25(27)32/h2-13,22H,14-19H2,1H3/t41-/m1/s1. The number of halogens is 3. The average molecular weight is 609 g/mol. The SMILES string of the molecule is Cc1nn(-c2ccccc2)c2c1[P@@](=Nc1c(Cl)cccc1Cl)(N1CCOCC1)N(C1CC1)C(c1ccccc1F)=N2. The Balaban J connectivity index is 1.64. The van der Waals surface area contributed by atoms with E-state index >= 15 is 4.39 Å². The Hall–Kier alpha value is -3.00. The van der Waals surface area contributed by atoms with Gasteiger partial charge in [0.15, 0.2) is 13.2 Å². The van der Waals surface area contributed by atoms with Crippen LogP contribution >= 0.6 is 30.6 Å². The molecule has 7 rings (SSSR count). The quantitative estimate of drug-likeness (QED) is 0.220. The monoisotopic (exact) mass is 608 g/mol. The topological polar surface area (TPSA) is 58.3 Å². The number of ether oxygens (including phenoxy) is 1. The summed E-state index contributed by atoms with van der Waals surface area (Å²) in [6, 6.07) is 22.3. The first-order chi connectivity index (χ1) is 20.0. The van der Waals surface area contributed by atoms with Crippen molar-refractivity contribution in [3.63, 3.8) is 0 Å². The third kappa shape index (κ3) is 4.53. The van der Waals surface area contributed by atoms with E-state index in [0.29, 0.717) is 59.3 Å². The minimum absolute atomic E-state index is 0.127. The molecule has 2 aliphatic heterocycles. The number of morpholine rings is 1. The van der Waals surface area contributed by atoms with Crippen molar-refractivity contribution in [2.24, 2.45) is 9.74 Å². The largest absolute Gasteiger partial charge is 0.379 e. The van der Waals surface area contributed by atoms with Crippen LogP contribution in [0.3, 0.4) is 0 Å². The predicted molar refractivity (Wildman–Crippen MR) is 163 cm³/mol. The van der Waals surface area contributed by atoms with Crippen molar-refractivity contribution in [2.45, 2.75) is 25.8 Å². The van der Waals surface area contributed by atoms with Crippen molar-refractivity contribution in [3.8, 4) is 5.69 Å². The van der Waals surface area contributed by atoms with Gasteiger partial charge in [-0.25, -0.2) is 23.5 Å². The van der Waals surface area contributed by atoms with Crippen LogP contribution in [0.25, 0.3) is 5.69 Å². The summed E-state index contributed by atoms with van der Waals surface area (Å²) < 4.78 is 33.6. The van der Waals surface area contributed by atoms with Crippen LogP contribution in [0.15, 0.2) is 82.5 Å². The molecule has 0 N–H and O–H groups in total. The summed E-state index contributed by atoms with van der Waals surface area (Å²) in [5.41, 5.74) is 2.64. The van der Waals surface area contributed by atoms with Gasteiger partial charge in [0.05, 0.1) is 45.5 Å². The second-order valence-corrected chi connectivity index (χ2v) is 13.9. The zero-order chi connectivity index (χ0) is 28.1. The third-order valence-electron chi connectivity index (χ3n) is 7.60. The van der Waals surface area contributed by atoms with E-state index in [0.717, 1.165) is 29.5 Å². The van der Waals surface area contributed by atoms with Crippen LogP contribution in [0.4, 0.5) is 15.9 Å². The number of fused-ring (bicyclic) bond motifs is 1. The van der Waals surface area contributed by atoms with Crippen molar-refractivity contribution >= 4 is 53.2 Å². The normalized spacial score (nSPS) is 21.0. The lowest BCUT2D eigenvalue weighted by Crippen LogP contribution is -2.48. The molecule has 4 aromatic rings. The summed E-state index contributed by atoms with van der Waals surface area (Å²) in [6.45, 7) is 4.40. The number of aromatic nitrogens is 2. The molecule has 1 atom stereocenters. The number of amidine groups is 1. The molecule has 0 unspecified atom stereocenters. The van der Waals surface area contributed by atoms with Gasteiger partial charge >= 0.3 is 0 Å². The van der Waals surface area contributed by atoms with Gasteiger partial charge in [0, 0.05) is 19.1 Å². The van der Waals surface area contributed by atoms with Crippen LogP contribution in [0, 0.1) is 12.7 Å². The van der Waals surface area contributed by atoms with Crippen molar-refractivity contribution in [3.05, 3.63) is 99.9 Å². The first-order valence-electron chi connectivity index (χ1n) is 13.7. The summed E-state index contributed by atoms with van der Waals surface area (Å²) >= 11 is 13.6. The van der Waals surface area contributed by atoms with Gasteiger partial charge < -0.3 is 9.41 Å². The minimum Gasteiger partial charge on any atom is -0.379 e. The average Bonchev–Trinajstić information content (AvgIpc) is 3.78. The smallest absolute Gasteiger partial charge is 0.170 e. The molecule has 11 heteroatoms. The molecule has 1 saturated heterocycles. The number of aryl methyl sites for hydroxylation is 1. The second kappa shape index (κ2) is 10.7. The molecular formula is C30H28Cl2FN6OP. The van der Waals surface area contributed by atoms with Crippen molar-refractivity contribution in [2.75, 3.05) is 26.3 Å². The van der Waals surface area contributed by atoms with Gasteiger partial charge in [-0.2, -0.15) is 5.10 Å². The van der Waals surface area contributed by atoms with E-state index in [1.54, 1.807) is 24.3 Å². The number of hydrogen-bond acceptors (Lipinski definition) is 4. The molecule has 3 aliphatic rings. The Bertz CT molecular complexity index is 1700. The van der Waals surface area contributed by atoms with Gasteiger partial charge in [0.2, 0.25) is 0 Å². The molecule has 210 valence electrons. The number of benzene rings is 3.